The lowest BCUT2D eigenvalue weighted by molar-refractivity contribution is -0.148. The number of hydrogen-bond acceptors (Lipinski definition) is 2. The first kappa shape index (κ1) is 12.9. The summed E-state index contributed by atoms with van der Waals surface area (Å²) in [6.07, 6.45) is 8.06. The van der Waals surface area contributed by atoms with E-state index in [4.69, 9.17) is 0 Å². The van der Waals surface area contributed by atoms with Gasteiger partial charge in [0.2, 0.25) is 5.91 Å². The molecule has 3 atom stereocenters. The summed E-state index contributed by atoms with van der Waals surface area (Å²) in [5.74, 6) is 0.846. The number of aliphatic carboxylic acids is 1. The first-order chi connectivity index (χ1) is 9.11. The molecule has 2 N–H and O–H groups in total. The van der Waals surface area contributed by atoms with Gasteiger partial charge < -0.3 is 10.4 Å². The van der Waals surface area contributed by atoms with E-state index in [1.165, 1.54) is 19.3 Å². The smallest absolute Gasteiger partial charge is 0.311 e. The van der Waals surface area contributed by atoms with Gasteiger partial charge in [-0.25, -0.2) is 0 Å². The summed E-state index contributed by atoms with van der Waals surface area (Å²) in [5, 5.41) is 12.3. The number of carboxylic acids is 1. The van der Waals surface area contributed by atoms with Crippen molar-refractivity contribution < 1.29 is 14.7 Å². The predicted molar refractivity (Wildman–Crippen MR) is 70.5 cm³/mol. The fourth-order valence-electron chi connectivity index (χ4n) is 4.47. The van der Waals surface area contributed by atoms with E-state index in [1.54, 1.807) is 0 Å². The molecule has 0 radical (unpaired) electrons. The summed E-state index contributed by atoms with van der Waals surface area (Å²) in [4.78, 5) is 23.7. The monoisotopic (exact) mass is 265 g/mol. The van der Waals surface area contributed by atoms with Crippen LogP contribution in [0.1, 0.15) is 51.4 Å². The highest BCUT2D eigenvalue weighted by atomic mass is 16.4. The van der Waals surface area contributed by atoms with Crippen molar-refractivity contribution in [2.45, 2.75) is 51.4 Å². The van der Waals surface area contributed by atoms with E-state index in [0.29, 0.717) is 25.3 Å². The van der Waals surface area contributed by atoms with Gasteiger partial charge in [-0.1, -0.05) is 19.3 Å². The van der Waals surface area contributed by atoms with Crippen LogP contribution in [0.2, 0.25) is 0 Å². The van der Waals surface area contributed by atoms with Gasteiger partial charge >= 0.3 is 5.97 Å². The molecule has 0 aliphatic heterocycles. The molecule has 0 saturated heterocycles. The Morgan fingerprint density at radius 2 is 1.89 bits per heavy atom. The van der Waals surface area contributed by atoms with E-state index in [-0.39, 0.29) is 11.8 Å². The van der Waals surface area contributed by atoms with Crippen molar-refractivity contribution >= 4 is 11.9 Å². The van der Waals surface area contributed by atoms with Crippen LogP contribution in [-0.2, 0) is 9.59 Å². The molecule has 4 nitrogen and oxygen atoms in total. The van der Waals surface area contributed by atoms with Gasteiger partial charge in [0.1, 0.15) is 0 Å². The molecule has 0 aromatic heterocycles. The van der Waals surface area contributed by atoms with Crippen molar-refractivity contribution in [3.05, 3.63) is 0 Å². The first-order valence-electron chi connectivity index (χ1n) is 7.62. The molecule has 2 bridgehead atoms. The van der Waals surface area contributed by atoms with E-state index in [1.807, 2.05) is 0 Å². The van der Waals surface area contributed by atoms with Gasteiger partial charge in [0.15, 0.2) is 0 Å². The van der Waals surface area contributed by atoms with Gasteiger partial charge in [-0.05, 0) is 43.9 Å². The highest BCUT2D eigenvalue weighted by Crippen LogP contribution is 2.48. The highest BCUT2D eigenvalue weighted by Gasteiger charge is 2.45. The fourth-order valence-corrected chi connectivity index (χ4v) is 4.47. The quantitative estimate of drug-likeness (QED) is 0.818. The third-order valence-electron chi connectivity index (χ3n) is 5.69. The van der Waals surface area contributed by atoms with E-state index in [9.17, 15) is 14.7 Å². The molecule has 3 unspecified atom stereocenters. The zero-order valence-electron chi connectivity index (χ0n) is 11.4. The van der Waals surface area contributed by atoms with Crippen LogP contribution in [-0.4, -0.2) is 23.5 Å². The van der Waals surface area contributed by atoms with Gasteiger partial charge in [-0.3, -0.25) is 9.59 Å². The molecule has 3 aliphatic rings. The minimum atomic E-state index is -0.738. The summed E-state index contributed by atoms with van der Waals surface area (Å²) in [6.45, 7) is 0.328. The number of amides is 1. The molecule has 0 heterocycles. The van der Waals surface area contributed by atoms with Crippen molar-refractivity contribution in [3.63, 3.8) is 0 Å². The molecular formula is C15H23NO3. The number of carbonyl (C=O) groups is 2. The lowest BCUT2D eigenvalue weighted by Crippen LogP contribution is -2.44. The average Bonchev–Trinajstić information content (AvgIpc) is 3.11. The van der Waals surface area contributed by atoms with E-state index in [0.717, 1.165) is 25.2 Å². The number of rotatable bonds is 4. The molecule has 19 heavy (non-hydrogen) atoms. The van der Waals surface area contributed by atoms with Crippen LogP contribution in [0.5, 0.6) is 0 Å². The maximum absolute atomic E-state index is 12.3. The van der Waals surface area contributed by atoms with Gasteiger partial charge in [-0.15, -0.1) is 0 Å². The summed E-state index contributed by atoms with van der Waals surface area (Å²) in [5.41, 5.74) is -0.687. The van der Waals surface area contributed by atoms with Crippen molar-refractivity contribution in [2.75, 3.05) is 6.54 Å². The maximum Gasteiger partial charge on any atom is 0.311 e. The largest absolute Gasteiger partial charge is 0.481 e. The Kier molecular flexibility index (Phi) is 3.27. The van der Waals surface area contributed by atoms with Crippen molar-refractivity contribution in [3.8, 4) is 0 Å². The third-order valence-corrected chi connectivity index (χ3v) is 5.69. The Balaban J connectivity index is 1.57. The van der Waals surface area contributed by atoms with Crippen molar-refractivity contribution in [1.29, 1.82) is 0 Å². The molecular weight excluding hydrogens is 242 g/mol. The van der Waals surface area contributed by atoms with E-state index >= 15 is 0 Å². The van der Waals surface area contributed by atoms with Crippen LogP contribution in [0, 0.1) is 23.2 Å². The number of carbonyl (C=O) groups excluding carboxylic acids is 1. The zero-order chi connectivity index (χ0) is 13.5. The standard InChI is InChI=1S/C15H23NO3/c17-13(12-8-10-3-4-11(12)7-10)16-9-15(14(18)19)5-1-2-6-15/h10-12H,1-9H2,(H,16,17)(H,18,19). The minimum Gasteiger partial charge on any atom is -0.481 e. The number of nitrogens with one attached hydrogen (secondary N) is 1. The van der Waals surface area contributed by atoms with Crippen molar-refractivity contribution in [1.82, 2.24) is 5.32 Å². The molecule has 3 saturated carbocycles. The Bertz CT molecular complexity index is 387. The molecule has 3 fully saturated rings. The van der Waals surface area contributed by atoms with E-state index in [2.05, 4.69) is 5.32 Å². The van der Waals surface area contributed by atoms with Gasteiger partial charge in [0.05, 0.1) is 5.41 Å². The molecule has 4 heteroatoms. The Morgan fingerprint density at radius 3 is 2.42 bits per heavy atom. The number of carboxylic acid groups (broad SMARTS) is 1. The van der Waals surface area contributed by atoms with Gasteiger partial charge in [0.25, 0.3) is 0 Å². The van der Waals surface area contributed by atoms with Crippen LogP contribution in [0.15, 0.2) is 0 Å². The first-order valence-corrected chi connectivity index (χ1v) is 7.62. The van der Waals surface area contributed by atoms with E-state index < -0.39 is 11.4 Å². The summed E-state index contributed by atoms with van der Waals surface area (Å²) < 4.78 is 0. The average molecular weight is 265 g/mol. The maximum atomic E-state index is 12.3. The molecule has 3 aliphatic carbocycles. The minimum absolute atomic E-state index is 0.111. The molecule has 106 valence electrons. The highest BCUT2D eigenvalue weighted by molar-refractivity contribution is 5.81. The van der Waals surface area contributed by atoms with Crippen LogP contribution < -0.4 is 5.32 Å². The molecule has 0 spiro atoms. The molecule has 0 aromatic rings. The summed E-state index contributed by atoms with van der Waals surface area (Å²) in [6, 6.07) is 0. The second-order valence-electron chi connectivity index (χ2n) is 6.79. The second kappa shape index (κ2) is 4.80. The SMILES string of the molecule is O=C(NCC1(C(=O)O)CCCC1)C1CC2CCC1C2. The molecule has 1 amide bonds. The van der Waals surface area contributed by atoms with Gasteiger partial charge in [-0.2, -0.15) is 0 Å². The summed E-state index contributed by atoms with van der Waals surface area (Å²) >= 11 is 0. The Hall–Kier alpha value is -1.06. The Labute approximate surface area is 113 Å². The van der Waals surface area contributed by atoms with Crippen LogP contribution >= 0.6 is 0 Å². The molecule has 0 aromatic carbocycles. The number of hydrogen-bond donors (Lipinski definition) is 2. The number of fused-ring (bicyclic) bond motifs is 2. The van der Waals surface area contributed by atoms with Crippen LogP contribution in [0.4, 0.5) is 0 Å². The van der Waals surface area contributed by atoms with Crippen molar-refractivity contribution in [2.24, 2.45) is 23.2 Å². The predicted octanol–water partition coefficient (Wildman–Crippen LogP) is 2.18. The summed E-state index contributed by atoms with van der Waals surface area (Å²) in [7, 11) is 0. The second-order valence-corrected chi connectivity index (χ2v) is 6.79. The normalized spacial score (nSPS) is 35.5. The topological polar surface area (TPSA) is 66.4 Å². The van der Waals surface area contributed by atoms with Crippen LogP contribution in [0.3, 0.4) is 0 Å². The lowest BCUT2D eigenvalue weighted by Gasteiger charge is -2.26. The Morgan fingerprint density at radius 1 is 1.16 bits per heavy atom. The lowest BCUT2D eigenvalue weighted by atomic mass is 9.85. The molecule has 3 rings (SSSR count). The van der Waals surface area contributed by atoms with Gasteiger partial charge in [0, 0.05) is 12.5 Å². The fraction of sp³-hybridized carbons (Fsp3) is 0.867. The zero-order valence-corrected chi connectivity index (χ0v) is 11.4. The van der Waals surface area contributed by atoms with Crippen LogP contribution in [0.25, 0.3) is 0 Å². The third kappa shape index (κ3) is 2.26.